The lowest BCUT2D eigenvalue weighted by atomic mass is 10.1. The van der Waals surface area contributed by atoms with Gasteiger partial charge in [0, 0.05) is 5.39 Å². The standard InChI is InChI=1S/C21H18N4O2S/c22-21(28)24-23-19-17-7-3-4-8-18(17)25(20(19)26)11-12-27-16-10-9-14-5-1-2-6-15(14)13-16/h1-10,13,26H,11-12H2,(H2,22,28). The summed E-state index contributed by atoms with van der Waals surface area (Å²) in [6, 6.07) is 21.6. The van der Waals surface area contributed by atoms with E-state index < -0.39 is 0 Å². The minimum absolute atomic E-state index is 0.00307. The predicted octanol–water partition coefficient (Wildman–Crippen LogP) is 4.91. The largest absolute Gasteiger partial charge is 0.493 e. The molecule has 7 heteroatoms. The number of aromatic hydroxyl groups is 1. The Balaban J connectivity index is 1.57. The maximum Gasteiger partial charge on any atom is 0.220 e. The van der Waals surface area contributed by atoms with Crippen molar-refractivity contribution in [3.63, 3.8) is 0 Å². The minimum Gasteiger partial charge on any atom is -0.493 e. The second-order valence-electron chi connectivity index (χ2n) is 6.24. The van der Waals surface area contributed by atoms with Crippen LogP contribution in [0.15, 0.2) is 77.0 Å². The zero-order valence-electron chi connectivity index (χ0n) is 14.9. The number of nitrogens with two attached hydrogens (primary N) is 1. The molecule has 4 rings (SSSR count). The smallest absolute Gasteiger partial charge is 0.220 e. The number of azo groups is 1. The molecular formula is C21H18N4O2S. The number of benzene rings is 3. The molecule has 0 unspecified atom stereocenters. The van der Waals surface area contributed by atoms with E-state index >= 15 is 0 Å². The number of hydrogen-bond acceptors (Lipinski definition) is 4. The minimum atomic E-state index is -0.0872. The molecule has 0 aliphatic rings. The number of thiocarbonyl (C=S) groups is 1. The Hall–Kier alpha value is -3.45. The van der Waals surface area contributed by atoms with Crippen molar-refractivity contribution in [3.05, 3.63) is 66.7 Å². The SMILES string of the molecule is NC(=S)N=Nc1c(O)n(CCOc2ccc3ccccc3c2)c2ccccc12. The van der Waals surface area contributed by atoms with Crippen LogP contribution in [0.4, 0.5) is 5.69 Å². The Labute approximate surface area is 166 Å². The lowest BCUT2D eigenvalue weighted by molar-refractivity contribution is 0.291. The molecule has 0 fully saturated rings. The molecule has 0 amide bonds. The maximum absolute atomic E-state index is 10.6. The number of ether oxygens (including phenoxy) is 1. The molecule has 0 aliphatic carbocycles. The highest BCUT2D eigenvalue weighted by Crippen LogP contribution is 2.38. The van der Waals surface area contributed by atoms with Crippen LogP contribution in [0, 0.1) is 0 Å². The molecule has 0 atom stereocenters. The molecule has 0 radical (unpaired) electrons. The van der Waals surface area contributed by atoms with Gasteiger partial charge in [0.2, 0.25) is 11.0 Å². The van der Waals surface area contributed by atoms with Gasteiger partial charge in [-0.25, -0.2) is 0 Å². The third-order valence-corrected chi connectivity index (χ3v) is 4.55. The first-order chi connectivity index (χ1) is 13.6. The first-order valence-electron chi connectivity index (χ1n) is 8.76. The van der Waals surface area contributed by atoms with Crippen molar-refractivity contribution in [1.82, 2.24) is 4.57 Å². The molecule has 1 heterocycles. The van der Waals surface area contributed by atoms with Crippen LogP contribution in [0.2, 0.25) is 0 Å². The summed E-state index contributed by atoms with van der Waals surface area (Å²) in [6.45, 7) is 0.832. The lowest BCUT2D eigenvalue weighted by Gasteiger charge is -2.10. The number of nitrogens with zero attached hydrogens (tertiary/aromatic N) is 3. The van der Waals surface area contributed by atoms with E-state index in [0.29, 0.717) is 18.8 Å². The molecule has 0 saturated heterocycles. The summed E-state index contributed by atoms with van der Waals surface area (Å²) in [5.74, 6) is 0.784. The van der Waals surface area contributed by atoms with Crippen LogP contribution >= 0.6 is 12.2 Å². The molecule has 0 saturated carbocycles. The Bertz CT molecular complexity index is 1200. The summed E-state index contributed by atoms with van der Waals surface area (Å²) in [7, 11) is 0. The van der Waals surface area contributed by atoms with Crippen LogP contribution < -0.4 is 10.5 Å². The quantitative estimate of drug-likeness (QED) is 0.375. The van der Waals surface area contributed by atoms with Crippen molar-refractivity contribution in [1.29, 1.82) is 0 Å². The fraction of sp³-hybridized carbons (Fsp3) is 0.0952. The van der Waals surface area contributed by atoms with Gasteiger partial charge in [0.1, 0.15) is 12.4 Å². The molecule has 3 N–H and O–H groups in total. The van der Waals surface area contributed by atoms with Gasteiger partial charge < -0.3 is 20.1 Å². The number of aromatic nitrogens is 1. The first-order valence-corrected chi connectivity index (χ1v) is 9.17. The van der Waals surface area contributed by atoms with Gasteiger partial charge >= 0.3 is 0 Å². The van der Waals surface area contributed by atoms with Gasteiger partial charge in [0.25, 0.3) is 0 Å². The van der Waals surface area contributed by atoms with Crippen molar-refractivity contribution < 1.29 is 9.84 Å². The third kappa shape index (κ3) is 3.52. The van der Waals surface area contributed by atoms with Crippen LogP contribution in [-0.4, -0.2) is 21.4 Å². The summed E-state index contributed by atoms with van der Waals surface area (Å²) < 4.78 is 7.64. The zero-order valence-corrected chi connectivity index (χ0v) is 15.8. The summed E-state index contributed by atoms with van der Waals surface area (Å²) in [6.07, 6.45) is 0. The molecule has 0 aliphatic heterocycles. The Morgan fingerprint density at radius 3 is 2.61 bits per heavy atom. The summed E-state index contributed by atoms with van der Waals surface area (Å²) in [5, 5.41) is 21.3. The van der Waals surface area contributed by atoms with E-state index in [1.54, 1.807) is 4.57 Å². The first kappa shape index (κ1) is 17.9. The fourth-order valence-corrected chi connectivity index (χ4v) is 3.25. The highest BCUT2D eigenvalue weighted by atomic mass is 32.1. The van der Waals surface area contributed by atoms with Gasteiger partial charge in [0.15, 0.2) is 5.69 Å². The van der Waals surface area contributed by atoms with Crippen molar-refractivity contribution >= 4 is 44.7 Å². The number of para-hydroxylation sites is 1. The topological polar surface area (TPSA) is 85.1 Å². The normalized spacial score (nSPS) is 11.4. The van der Waals surface area contributed by atoms with Gasteiger partial charge in [-0.05, 0) is 41.2 Å². The van der Waals surface area contributed by atoms with Crippen molar-refractivity contribution in [2.75, 3.05) is 6.61 Å². The molecule has 140 valence electrons. The van der Waals surface area contributed by atoms with E-state index in [9.17, 15) is 5.11 Å². The van der Waals surface area contributed by atoms with Crippen molar-refractivity contribution in [2.45, 2.75) is 6.54 Å². The highest BCUT2D eigenvalue weighted by Gasteiger charge is 2.16. The van der Waals surface area contributed by atoms with Crippen LogP contribution in [0.1, 0.15) is 0 Å². The van der Waals surface area contributed by atoms with E-state index in [1.165, 1.54) is 0 Å². The molecule has 1 aromatic heterocycles. The molecule has 0 spiro atoms. The number of hydrogen-bond donors (Lipinski definition) is 2. The molecule has 4 aromatic rings. The predicted molar refractivity (Wildman–Crippen MR) is 114 cm³/mol. The summed E-state index contributed by atoms with van der Waals surface area (Å²) in [4.78, 5) is 0. The van der Waals surface area contributed by atoms with E-state index in [4.69, 9.17) is 22.7 Å². The highest BCUT2D eigenvalue weighted by molar-refractivity contribution is 7.80. The zero-order chi connectivity index (χ0) is 19.5. The van der Waals surface area contributed by atoms with E-state index in [0.717, 1.165) is 27.4 Å². The van der Waals surface area contributed by atoms with Gasteiger partial charge in [-0.3, -0.25) is 0 Å². The van der Waals surface area contributed by atoms with Gasteiger partial charge in [0.05, 0.1) is 12.1 Å². The monoisotopic (exact) mass is 390 g/mol. The number of rotatable bonds is 5. The van der Waals surface area contributed by atoms with Crippen molar-refractivity contribution in [3.8, 4) is 11.6 Å². The molecule has 28 heavy (non-hydrogen) atoms. The summed E-state index contributed by atoms with van der Waals surface area (Å²) in [5.41, 5.74) is 6.56. The third-order valence-electron chi connectivity index (χ3n) is 4.47. The van der Waals surface area contributed by atoms with Crippen molar-refractivity contribution in [2.24, 2.45) is 16.0 Å². The molecule has 0 bridgehead atoms. The lowest BCUT2D eigenvalue weighted by Crippen LogP contribution is -2.07. The number of fused-ring (bicyclic) bond motifs is 2. The second kappa shape index (κ2) is 7.66. The van der Waals surface area contributed by atoms with Crippen LogP contribution in [-0.2, 0) is 6.54 Å². The second-order valence-corrected chi connectivity index (χ2v) is 6.65. The average Bonchev–Trinajstić information content (AvgIpc) is 2.97. The Kier molecular flexibility index (Phi) is 4.90. The van der Waals surface area contributed by atoms with E-state index in [1.807, 2.05) is 60.7 Å². The summed E-state index contributed by atoms with van der Waals surface area (Å²) >= 11 is 4.73. The van der Waals surface area contributed by atoms with E-state index in [-0.39, 0.29) is 11.0 Å². The molecule has 3 aromatic carbocycles. The van der Waals surface area contributed by atoms with E-state index in [2.05, 4.69) is 16.3 Å². The molecular weight excluding hydrogens is 372 g/mol. The van der Waals surface area contributed by atoms with Crippen LogP contribution in [0.3, 0.4) is 0 Å². The van der Waals surface area contributed by atoms with Gasteiger partial charge in [-0.1, -0.05) is 48.5 Å². The van der Waals surface area contributed by atoms with Crippen LogP contribution in [0.5, 0.6) is 11.6 Å². The Morgan fingerprint density at radius 2 is 1.79 bits per heavy atom. The fourth-order valence-electron chi connectivity index (χ4n) is 3.21. The average molecular weight is 390 g/mol. The van der Waals surface area contributed by atoms with Crippen LogP contribution in [0.25, 0.3) is 21.7 Å². The Morgan fingerprint density at radius 1 is 1.04 bits per heavy atom. The van der Waals surface area contributed by atoms with Gasteiger partial charge in [-0.2, -0.15) is 0 Å². The molecule has 6 nitrogen and oxygen atoms in total. The van der Waals surface area contributed by atoms with Gasteiger partial charge in [-0.15, -0.1) is 10.2 Å². The maximum atomic E-state index is 10.6.